The number of halogens is 1. The number of tetrazole rings is 1. The molecule has 0 spiro atoms. The summed E-state index contributed by atoms with van der Waals surface area (Å²) in [4.78, 5) is 8.49. The Labute approximate surface area is 148 Å². The number of nitrogen functional groups attached to an aromatic ring is 1. The number of nitrogens with zero attached hydrogens (tertiary/aromatic N) is 6. The fourth-order valence-electron chi connectivity index (χ4n) is 2.49. The predicted octanol–water partition coefficient (Wildman–Crippen LogP) is 3.02. The van der Waals surface area contributed by atoms with E-state index < -0.39 is 0 Å². The van der Waals surface area contributed by atoms with Crippen molar-refractivity contribution in [3.05, 3.63) is 65.8 Å². The van der Waals surface area contributed by atoms with Crippen molar-refractivity contribution in [3.63, 3.8) is 0 Å². The highest BCUT2D eigenvalue weighted by atomic mass is 35.5. The predicted molar refractivity (Wildman–Crippen MR) is 95.0 cm³/mol. The van der Waals surface area contributed by atoms with Gasteiger partial charge in [0, 0.05) is 16.8 Å². The number of rotatable bonds is 3. The lowest BCUT2D eigenvalue weighted by Crippen LogP contribution is -2.04. The van der Waals surface area contributed by atoms with Crippen LogP contribution in [-0.2, 0) is 0 Å². The molecule has 122 valence electrons. The third-order valence-electron chi connectivity index (χ3n) is 3.64. The Kier molecular flexibility index (Phi) is 3.83. The zero-order chi connectivity index (χ0) is 17.2. The Bertz CT molecular complexity index is 1010. The van der Waals surface area contributed by atoms with Crippen molar-refractivity contribution in [1.82, 2.24) is 30.2 Å². The third kappa shape index (κ3) is 2.92. The van der Waals surface area contributed by atoms with E-state index in [1.807, 2.05) is 42.5 Å². The first-order valence-corrected chi connectivity index (χ1v) is 7.83. The van der Waals surface area contributed by atoms with Crippen LogP contribution in [0.5, 0.6) is 0 Å². The summed E-state index contributed by atoms with van der Waals surface area (Å²) in [5.74, 6) is 0.703. The first-order chi connectivity index (χ1) is 12.2. The molecular weight excluding hydrogens is 338 g/mol. The summed E-state index contributed by atoms with van der Waals surface area (Å²) in [5, 5.41) is 12.7. The number of nitrogens with two attached hydrogens (primary N) is 1. The van der Waals surface area contributed by atoms with Crippen LogP contribution < -0.4 is 5.73 Å². The fraction of sp³-hybridized carbons (Fsp3) is 0. The number of anilines is 1. The summed E-state index contributed by atoms with van der Waals surface area (Å²) >= 11 is 5.96. The summed E-state index contributed by atoms with van der Waals surface area (Å²) in [6.07, 6.45) is 1.63. The monoisotopic (exact) mass is 349 g/mol. The van der Waals surface area contributed by atoms with Crippen molar-refractivity contribution in [2.75, 3.05) is 5.73 Å². The van der Waals surface area contributed by atoms with Gasteiger partial charge in [0.2, 0.25) is 5.95 Å². The number of hydrogen-bond acceptors (Lipinski definition) is 6. The standard InChI is InChI=1S/C17H12ClN7/c18-12-6-8-13(9-7-12)25-16(22-23-24-25)14-10-20-17(19)21-15(14)11-4-2-1-3-5-11/h1-10H,(H2,19,20,21). The summed E-state index contributed by atoms with van der Waals surface area (Å²) in [7, 11) is 0. The largest absolute Gasteiger partial charge is 0.368 e. The molecule has 4 aromatic rings. The molecule has 25 heavy (non-hydrogen) atoms. The van der Waals surface area contributed by atoms with E-state index in [1.54, 1.807) is 23.0 Å². The van der Waals surface area contributed by atoms with Crippen LogP contribution in [0.4, 0.5) is 5.95 Å². The van der Waals surface area contributed by atoms with E-state index in [1.165, 1.54) is 0 Å². The summed E-state index contributed by atoms with van der Waals surface area (Å²) < 4.78 is 1.61. The SMILES string of the molecule is Nc1ncc(-c2nnnn2-c2ccc(Cl)cc2)c(-c2ccccc2)n1. The highest BCUT2D eigenvalue weighted by Gasteiger charge is 2.18. The van der Waals surface area contributed by atoms with Gasteiger partial charge in [-0.05, 0) is 34.7 Å². The van der Waals surface area contributed by atoms with Gasteiger partial charge in [0.15, 0.2) is 5.82 Å². The molecule has 0 aliphatic heterocycles. The van der Waals surface area contributed by atoms with Crippen LogP contribution in [0.1, 0.15) is 0 Å². The van der Waals surface area contributed by atoms with E-state index in [9.17, 15) is 0 Å². The van der Waals surface area contributed by atoms with Gasteiger partial charge in [0.25, 0.3) is 0 Å². The molecule has 0 amide bonds. The maximum absolute atomic E-state index is 5.96. The zero-order valence-corrected chi connectivity index (χ0v) is 13.7. The molecule has 7 nitrogen and oxygen atoms in total. The Morgan fingerprint density at radius 1 is 0.960 bits per heavy atom. The van der Waals surface area contributed by atoms with E-state index in [2.05, 4.69) is 25.5 Å². The smallest absolute Gasteiger partial charge is 0.220 e. The van der Waals surface area contributed by atoms with Gasteiger partial charge in [-0.3, -0.25) is 0 Å². The lowest BCUT2D eigenvalue weighted by Gasteiger charge is -2.09. The Hall–Kier alpha value is -3.32. The molecule has 4 rings (SSSR count). The summed E-state index contributed by atoms with van der Waals surface area (Å²) in [6.45, 7) is 0. The zero-order valence-electron chi connectivity index (χ0n) is 12.9. The van der Waals surface area contributed by atoms with Crippen LogP contribution in [0, 0.1) is 0 Å². The molecular formula is C17H12ClN7. The van der Waals surface area contributed by atoms with Gasteiger partial charge in [-0.15, -0.1) is 5.10 Å². The van der Waals surface area contributed by atoms with Gasteiger partial charge >= 0.3 is 0 Å². The van der Waals surface area contributed by atoms with Crippen LogP contribution >= 0.6 is 11.6 Å². The molecule has 0 radical (unpaired) electrons. The molecule has 0 saturated heterocycles. The van der Waals surface area contributed by atoms with E-state index in [-0.39, 0.29) is 5.95 Å². The second-order valence-corrected chi connectivity index (χ2v) is 5.68. The van der Waals surface area contributed by atoms with Gasteiger partial charge in [0.1, 0.15) is 0 Å². The van der Waals surface area contributed by atoms with Gasteiger partial charge in [-0.25, -0.2) is 9.97 Å². The van der Waals surface area contributed by atoms with Crippen LogP contribution in [0.25, 0.3) is 28.3 Å². The number of hydrogen-bond donors (Lipinski definition) is 1. The van der Waals surface area contributed by atoms with Crippen LogP contribution in [0.15, 0.2) is 60.8 Å². The molecule has 8 heteroatoms. The van der Waals surface area contributed by atoms with E-state index in [0.717, 1.165) is 11.3 Å². The van der Waals surface area contributed by atoms with Crippen molar-refractivity contribution >= 4 is 17.5 Å². The summed E-state index contributed by atoms with van der Waals surface area (Å²) in [6, 6.07) is 16.9. The molecule has 0 fully saturated rings. The van der Waals surface area contributed by atoms with Crippen molar-refractivity contribution in [2.45, 2.75) is 0 Å². The van der Waals surface area contributed by atoms with E-state index in [4.69, 9.17) is 17.3 Å². The minimum absolute atomic E-state index is 0.188. The second kappa shape index (κ2) is 6.29. The summed E-state index contributed by atoms with van der Waals surface area (Å²) in [5.41, 5.74) is 8.81. The molecule has 0 unspecified atom stereocenters. The van der Waals surface area contributed by atoms with Crippen molar-refractivity contribution in [2.24, 2.45) is 0 Å². The molecule has 2 aromatic carbocycles. The molecule has 2 N–H and O–H groups in total. The van der Waals surface area contributed by atoms with Crippen molar-refractivity contribution in [3.8, 4) is 28.3 Å². The number of benzene rings is 2. The third-order valence-corrected chi connectivity index (χ3v) is 3.89. The van der Waals surface area contributed by atoms with Gasteiger partial charge in [0.05, 0.1) is 16.9 Å². The average molecular weight is 350 g/mol. The molecule has 2 aromatic heterocycles. The molecule has 0 aliphatic rings. The first-order valence-electron chi connectivity index (χ1n) is 7.45. The normalized spacial score (nSPS) is 10.8. The average Bonchev–Trinajstić information content (AvgIpc) is 3.12. The quantitative estimate of drug-likeness (QED) is 0.610. The fourth-order valence-corrected chi connectivity index (χ4v) is 2.61. The maximum Gasteiger partial charge on any atom is 0.220 e. The van der Waals surface area contributed by atoms with Gasteiger partial charge in [-0.1, -0.05) is 41.9 Å². The van der Waals surface area contributed by atoms with Gasteiger partial charge < -0.3 is 5.73 Å². The highest BCUT2D eigenvalue weighted by molar-refractivity contribution is 6.30. The maximum atomic E-state index is 5.96. The Balaban J connectivity index is 1.90. The molecule has 0 atom stereocenters. The molecule has 0 saturated carbocycles. The first kappa shape index (κ1) is 15.2. The van der Waals surface area contributed by atoms with Crippen molar-refractivity contribution < 1.29 is 0 Å². The highest BCUT2D eigenvalue weighted by Crippen LogP contribution is 2.30. The minimum Gasteiger partial charge on any atom is -0.368 e. The Morgan fingerprint density at radius 2 is 1.72 bits per heavy atom. The van der Waals surface area contributed by atoms with E-state index >= 15 is 0 Å². The van der Waals surface area contributed by atoms with Crippen LogP contribution in [-0.4, -0.2) is 30.2 Å². The molecule has 2 heterocycles. The van der Waals surface area contributed by atoms with Gasteiger partial charge in [-0.2, -0.15) is 4.68 Å². The Morgan fingerprint density at radius 3 is 2.48 bits per heavy atom. The topological polar surface area (TPSA) is 95.4 Å². The minimum atomic E-state index is 0.188. The number of aromatic nitrogens is 6. The van der Waals surface area contributed by atoms with Crippen LogP contribution in [0.2, 0.25) is 5.02 Å². The van der Waals surface area contributed by atoms with E-state index in [0.29, 0.717) is 22.1 Å². The molecule has 0 aliphatic carbocycles. The lowest BCUT2D eigenvalue weighted by molar-refractivity contribution is 0.791. The van der Waals surface area contributed by atoms with Crippen molar-refractivity contribution in [1.29, 1.82) is 0 Å². The van der Waals surface area contributed by atoms with Crippen LogP contribution in [0.3, 0.4) is 0 Å². The lowest BCUT2D eigenvalue weighted by atomic mass is 10.1. The molecule has 0 bridgehead atoms. The second-order valence-electron chi connectivity index (χ2n) is 5.25.